The van der Waals surface area contributed by atoms with Gasteiger partial charge in [-0.05, 0) is 36.5 Å². The highest BCUT2D eigenvalue weighted by molar-refractivity contribution is 5.70. The van der Waals surface area contributed by atoms with Gasteiger partial charge in [0.25, 0.3) is 0 Å². The molecule has 1 N–H and O–H groups in total. The van der Waals surface area contributed by atoms with E-state index in [4.69, 9.17) is 28.4 Å². The molecule has 11 heteroatoms. The van der Waals surface area contributed by atoms with Crippen molar-refractivity contribution in [3.05, 3.63) is 0 Å². The molecule has 0 amide bonds. The van der Waals surface area contributed by atoms with Gasteiger partial charge in [-0.15, -0.1) is 0 Å². The number of nitrogens with one attached hydrogen (secondary N) is 1. The number of piperidine rings is 1. The molecule has 43 heavy (non-hydrogen) atoms. The van der Waals surface area contributed by atoms with Crippen LogP contribution in [0.1, 0.15) is 67.7 Å². The monoisotopic (exact) mass is 605 g/mol. The standard InChI is InChI=1S/C32H47NO10/c1-10-29-13-33-26-23-24(39-9)25(29)31(26,21(38-8)11-14(29)2)20-12-30(42-18(6)36)15(3)27(40-16(4)34)32(23,43-19(7)37)22(20)28(30)41-17(5)35/h14-15,20-28,33H,10-13H2,1-9H3/t14-,15+,20-,21+,22-,23+,24+,25-,26?,27+,28-,29-,30+,31+,32-/m1/s1. The first-order valence-electron chi connectivity index (χ1n) is 15.8. The molecule has 0 aromatic heterocycles. The van der Waals surface area contributed by atoms with Crippen LogP contribution in [0.5, 0.6) is 0 Å². The Bertz CT molecular complexity index is 1220. The van der Waals surface area contributed by atoms with Gasteiger partial charge in [0.2, 0.25) is 0 Å². The van der Waals surface area contributed by atoms with E-state index in [2.05, 4.69) is 19.2 Å². The van der Waals surface area contributed by atoms with Gasteiger partial charge in [-0.2, -0.15) is 0 Å². The summed E-state index contributed by atoms with van der Waals surface area (Å²) >= 11 is 0. The van der Waals surface area contributed by atoms with Crippen molar-refractivity contribution < 1.29 is 47.6 Å². The SMILES string of the molecule is CC[C@]12CNC3[C@@H]4[C@H](OC)[C@H]1[C@@]3([C@@H](OC)C[C@H]2C)[C@@H]1C[C@@]2(OC(C)=O)[C@H](OC(C)=O)[C@@H]1[C@]4(OC(C)=O)[C@@H](OC(C)=O)[C@@H]2C. The van der Waals surface area contributed by atoms with Crippen LogP contribution in [0.4, 0.5) is 0 Å². The minimum absolute atomic E-state index is 0.0117. The fraction of sp³-hybridized carbons (Fsp3) is 0.875. The lowest BCUT2D eigenvalue weighted by Crippen LogP contribution is -2.80. The fourth-order valence-corrected chi connectivity index (χ4v) is 12.3. The summed E-state index contributed by atoms with van der Waals surface area (Å²) < 4.78 is 38.2. The lowest BCUT2D eigenvalue weighted by molar-refractivity contribution is -0.302. The third-order valence-corrected chi connectivity index (χ3v) is 13.1. The molecule has 5 aliphatic carbocycles. The zero-order valence-corrected chi connectivity index (χ0v) is 26.8. The molecule has 6 aliphatic rings. The van der Waals surface area contributed by atoms with Crippen molar-refractivity contribution in [2.45, 2.75) is 109 Å². The number of fused-ring (bicyclic) bond motifs is 2. The van der Waals surface area contributed by atoms with Gasteiger partial charge in [0.05, 0.1) is 12.2 Å². The molecule has 1 saturated heterocycles. The van der Waals surface area contributed by atoms with Crippen LogP contribution in [0.2, 0.25) is 0 Å². The van der Waals surface area contributed by atoms with E-state index in [1.807, 2.05) is 6.92 Å². The Hall–Kier alpha value is -2.24. The van der Waals surface area contributed by atoms with Crippen molar-refractivity contribution in [1.29, 1.82) is 0 Å². The van der Waals surface area contributed by atoms with Gasteiger partial charge in [0.15, 0.2) is 11.2 Å². The number of hydrogen-bond donors (Lipinski definition) is 1. The van der Waals surface area contributed by atoms with Crippen molar-refractivity contribution in [3.8, 4) is 0 Å². The summed E-state index contributed by atoms with van der Waals surface area (Å²) in [6, 6.07) is -0.227. The molecule has 1 unspecified atom stereocenters. The van der Waals surface area contributed by atoms with E-state index >= 15 is 0 Å². The zero-order chi connectivity index (χ0) is 31.4. The smallest absolute Gasteiger partial charge is 0.303 e. The molecule has 0 radical (unpaired) electrons. The van der Waals surface area contributed by atoms with E-state index in [9.17, 15) is 19.2 Å². The summed E-state index contributed by atoms with van der Waals surface area (Å²) in [6.07, 6.45) is -0.447. The van der Waals surface area contributed by atoms with E-state index in [0.717, 1.165) is 19.4 Å². The molecule has 1 aliphatic heterocycles. The minimum Gasteiger partial charge on any atom is -0.458 e. The maximum Gasteiger partial charge on any atom is 0.303 e. The summed E-state index contributed by atoms with van der Waals surface area (Å²) in [4.78, 5) is 51.8. The lowest BCUT2D eigenvalue weighted by Gasteiger charge is -2.69. The summed E-state index contributed by atoms with van der Waals surface area (Å²) in [6.45, 7) is 12.5. The first-order valence-corrected chi connectivity index (χ1v) is 15.8. The first-order chi connectivity index (χ1) is 20.2. The highest BCUT2D eigenvalue weighted by Crippen LogP contribution is 2.81. The zero-order valence-electron chi connectivity index (χ0n) is 26.8. The molecule has 7 bridgehead atoms. The second-order valence-electron chi connectivity index (χ2n) is 14.2. The number of ether oxygens (including phenoxy) is 6. The molecular formula is C32H47NO10. The van der Waals surface area contributed by atoms with Gasteiger partial charge in [0, 0.05) is 83.6 Å². The van der Waals surface area contributed by atoms with Crippen LogP contribution in [0.3, 0.4) is 0 Å². The highest BCUT2D eigenvalue weighted by Gasteiger charge is 2.91. The molecule has 5 saturated carbocycles. The van der Waals surface area contributed by atoms with Crippen molar-refractivity contribution >= 4 is 23.9 Å². The average molecular weight is 606 g/mol. The third-order valence-electron chi connectivity index (χ3n) is 13.1. The molecule has 1 spiro atoms. The van der Waals surface area contributed by atoms with Crippen LogP contribution in [0.25, 0.3) is 0 Å². The number of carbonyl (C=O) groups is 4. The molecule has 240 valence electrons. The number of carbonyl (C=O) groups excluding carboxylic acids is 4. The molecular weight excluding hydrogens is 558 g/mol. The van der Waals surface area contributed by atoms with Crippen LogP contribution in [-0.4, -0.2) is 86.3 Å². The van der Waals surface area contributed by atoms with Crippen LogP contribution in [0, 0.1) is 46.3 Å². The predicted molar refractivity (Wildman–Crippen MR) is 150 cm³/mol. The maximum atomic E-state index is 13.2. The summed E-state index contributed by atoms with van der Waals surface area (Å²) in [5, 5.41) is 3.94. The van der Waals surface area contributed by atoms with Gasteiger partial charge in [0.1, 0.15) is 12.2 Å². The Labute approximate surface area is 253 Å². The molecule has 6 fully saturated rings. The van der Waals surface area contributed by atoms with Crippen LogP contribution < -0.4 is 5.32 Å². The van der Waals surface area contributed by atoms with Crippen molar-refractivity contribution in [1.82, 2.24) is 5.32 Å². The molecule has 6 rings (SSSR count). The Morgan fingerprint density at radius 2 is 1.47 bits per heavy atom. The van der Waals surface area contributed by atoms with E-state index in [0.29, 0.717) is 12.3 Å². The summed E-state index contributed by atoms with van der Waals surface area (Å²) in [7, 11) is 3.46. The quantitative estimate of drug-likeness (QED) is 0.339. The van der Waals surface area contributed by atoms with Crippen LogP contribution in [-0.2, 0) is 47.6 Å². The fourth-order valence-electron chi connectivity index (χ4n) is 12.3. The minimum atomic E-state index is -1.44. The van der Waals surface area contributed by atoms with Crippen molar-refractivity contribution in [2.24, 2.45) is 46.3 Å². The number of esters is 4. The van der Waals surface area contributed by atoms with Crippen molar-refractivity contribution in [3.63, 3.8) is 0 Å². The largest absolute Gasteiger partial charge is 0.458 e. The van der Waals surface area contributed by atoms with Crippen LogP contribution in [0.15, 0.2) is 0 Å². The predicted octanol–water partition coefficient (Wildman–Crippen LogP) is 2.42. The Kier molecular flexibility index (Phi) is 7.07. The lowest BCUT2D eigenvalue weighted by atomic mass is 9.41. The second kappa shape index (κ2) is 9.88. The van der Waals surface area contributed by atoms with Crippen LogP contribution >= 0.6 is 0 Å². The molecule has 0 aromatic carbocycles. The number of hydrogen-bond acceptors (Lipinski definition) is 11. The van der Waals surface area contributed by atoms with Gasteiger partial charge >= 0.3 is 23.9 Å². The van der Waals surface area contributed by atoms with E-state index in [-0.39, 0.29) is 35.5 Å². The Morgan fingerprint density at radius 1 is 0.837 bits per heavy atom. The second-order valence-corrected chi connectivity index (χ2v) is 14.2. The summed E-state index contributed by atoms with van der Waals surface area (Å²) in [5.41, 5.74) is -3.44. The van der Waals surface area contributed by atoms with E-state index in [1.165, 1.54) is 27.7 Å². The number of methoxy groups -OCH3 is 2. The van der Waals surface area contributed by atoms with Crippen molar-refractivity contribution in [2.75, 3.05) is 20.8 Å². The van der Waals surface area contributed by atoms with E-state index < -0.39 is 70.5 Å². The van der Waals surface area contributed by atoms with Gasteiger partial charge in [-0.25, -0.2) is 0 Å². The van der Waals surface area contributed by atoms with Gasteiger partial charge in [-0.1, -0.05) is 20.8 Å². The Morgan fingerprint density at radius 3 is 2.00 bits per heavy atom. The van der Waals surface area contributed by atoms with Gasteiger partial charge in [-0.3, -0.25) is 19.2 Å². The maximum absolute atomic E-state index is 13.2. The topological polar surface area (TPSA) is 136 Å². The van der Waals surface area contributed by atoms with Gasteiger partial charge < -0.3 is 33.7 Å². The van der Waals surface area contributed by atoms with E-state index in [1.54, 1.807) is 14.2 Å². The third kappa shape index (κ3) is 3.47. The molecule has 11 nitrogen and oxygen atoms in total. The molecule has 15 atom stereocenters. The first kappa shape index (κ1) is 30.8. The normalized spacial score (nSPS) is 51.8. The molecule has 1 heterocycles. The summed E-state index contributed by atoms with van der Waals surface area (Å²) in [5.74, 6) is -3.94. The Balaban J connectivity index is 1.73. The number of rotatable bonds is 7. The average Bonchev–Trinajstić information content (AvgIpc) is 3.28. The molecule has 0 aromatic rings. The highest BCUT2D eigenvalue weighted by atomic mass is 16.6.